The molecule has 0 saturated heterocycles. The summed E-state index contributed by atoms with van der Waals surface area (Å²) in [5.41, 5.74) is 4.28. The molecular weight excluding hydrogens is 1010 g/mol. The lowest BCUT2D eigenvalue weighted by atomic mass is 10.1. The fraction of sp³-hybridized carbons (Fsp3) is 0.261. The van der Waals surface area contributed by atoms with E-state index in [0.29, 0.717) is 28.2 Å². The van der Waals surface area contributed by atoms with Crippen LogP contribution in [0.2, 0.25) is 0 Å². The molecule has 3 aromatic carbocycles. The van der Waals surface area contributed by atoms with Gasteiger partial charge in [-0.15, -0.1) is 0 Å². The first-order chi connectivity index (χ1) is 34.4. The smallest absolute Gasteiger partial charge is 0.295 e. The third-order valence-corrected chi connectivity index (χ3v) is 14.4. The van der Waals surface area contributed by atoms with Crippen LogP contribution in [0, 0.1) is 20.8 Å². The zero-order valence-corrected chi connectivity index (χ0v) is 42.0. The van der Waals surface area contributed by atoms with Crippen LogP contribution < -0.4 is 36.8 Å². The quantitative estimate of drug-likeness (QED) is 0.0192. The summed E-state index contributed by atoms with van der Waals surface area (Å²) in [5.74, 6) is -4.09. The van der Waals surface area contributed by atoms with Crippen molar-refractivity contribution in [2.45, 2.75) is 69.1 Å². The molecule has 3 aromatic heterocycles. The summed E-state index contributed by atoms with van der Waals surface area (Å²) in [6.45, 7) is 5.88. The Labute approximate surface area is 419 Å². The lowest BCUT2D eigenvalue weighted by Crippen LogP contribution is -2.50. The second-order valence-corrected chi connectivity index (χ2v) is 21.2. The highest BCUT2D eigenvalue weighted by Crippen LogP contribution is 2.22. The van der Waals surface area contributed by atoms with Gasteiger partial charge in [0.25, 0.3) is 32.1 Å². The molecule has 386 valence electrons. The summed E-state index contributed by atoms with van der Waals surface area (Å²) >= 11 is 0. The van der Waals surface area contributed by atoms with Gasteiger partial charge < -0.3 is 30.8 Å². The standard InChI is InChI=1S/C46H51N11O13S3/c1-27-18-28(2)42(29(3)19-27)72(66,67)56-36(30(4)58)24-51-44(61)35-25-57(38-20-31(10-12-34(38)41(35)59)21-52-46-48-15-16-49-46)17-7-14-47-45(62)37(26-71(63,64)65)54-43(60)33-11-13-40(50-22-33)55-53-23-32-8-5-6-9-39(32)73(68,69)70/h5-6,8-13,15-16,18-20,22-23,25,36-37,56H,7,14,17,21,24,26H2,1-4H3,(H,47,62)(H,50,55)(H,51,61)(H,54,60)(H2,48,49,52)(H,63,64,65)(H,68,69,70)/b53-23+/t36-,37-/m0/s1. The predicted octanol–water partition coefficient (Wildman–Crippen LogP) is 2.21. The molecular formula is C46H51N11O13S3. The van der Waals surface area contributed by atoms with E-state index in [1.54, 1.807) is 55.1 Å². The number of aromatic nitrogens is 4. The molecule has 9 N–H and O–H groups in total. The molecule has 73 heavy (non-hydrogen) atoms. The van der Waals surface area contributed by atoms with E-state index in [0.717, 1.165) is 24.9 Å². The number of aromatic amines is 1. The maximum atomic E-state index is 13.9. The molecule has 2 atom stereocenters. The van der Waals surface area contributed by atoms with Crippen LogP contribution in [-0.2, 0) is 52.9 Å². The zero-order valence-electron chi connectivity index (χ0n) is 39.5. The van der Waals surface area contributed by atoms with Gasteiger partial charge in [-0.25, -0.2) is 18.4 Å². The van der Waals surface area contributed by atoms with Crippen molar-refractivity contribution in [1.29, 1.82) is 0 Å². The number of hydrazone groups is 1. The van der Waals surface area contributed by atoms with E-state index in [9.17, 15) is 58.3 Å². The molecule has 0 aliphatic rings. The van der Waals surface area contributed by atoms with Gasteiger partial charge in [-0.05, 0) is 81.1 Å². The number of aryl methyl sites for hydroxylation is 4. The molecule has 3 amide bonds. The van der Waals surface area contributed by atoms with Gasteiger partial charge in [0.2, 0.25) is 21.4 Å². The minimum Gasteiger partial charge on any atom is -0.354 e. The number of carbonyl (C=O) groups excluding carboxylic acids is 4. The first-order valence-corrected chi connectivity index (χ1v) is 26.6. The number of ketones is 1. The summed E-state index contributed by atoms with van der Waals surface area (Å²) in [5, 5.41) is 14.4. The highest BCUT2D eigenvalue weighted by Gasteiger charge is 2.29. The van der Waals surface area contributed by atoms with Gasteiger partial charge in [-0.2, -0.15) is 26.7 Å². The van der Waals surface area contributed by atoms with E-state index < -0.39 is 83.6 Å². The van der Waals surface area contributed by atoms with Crippen LogP contribution in [-0.4, -0.2) is 115 Å². The van der Waals surface area contributed by atoms with Crippen LogP contribution in [0.3, 0.4) is 0 Å². The minimum atomic E-state index is -4.83. The zero-order chi connectivity index (χ0) is 53.3. The lowest BCUT2D eigenvalue weighted by Gasteiger charge is -2.20. The molecule has 0 unspecified atom stereocenters. The molecule has 27 heteroatoms. The first-order valence-electron chi connectivity index (χ1n) is 22.0. The van der Waals surface area contributed by atoms with Gasteiger partial charge in [-0.3, -0.25) is 38.5 Å². The van der Waals surface area contributed by atoms with Crippen molar-refractivity contribution < 1.29 is 53.5 Å². The number of rotatable bonds is 23. The maximum absolute atomic E-state index is 13.9. The molecule has 0 fully saturated rings. The Morgan fingerprint density at radius 3 is 2.25 bits per heavy atom. The predicted molar refractivity (Wildman–Crippen MR) is 269 cm³/mol. The number of nitrogens with one attached hydrogen (secondary N) is 7. The van der Waals surface area contributed by atoms with Crippen LogP contribution in [0.4, 0.5) is 11.8 Å². The Morgan fingerprint density at radius 2 is 1.60 bits per heavy atom. The van der Waals surface area contributed by atoms with Crippen molar-refractivity contribution in [2.24, 2.45) is 5.10 Å². The molecule has 0 bridgehead atoms. The third kappa shape index (κ3) is 14.7. The normalized spacial score (nSPS) is 12.8. The third-order valence-electron chi connectivity index (χ3n) is 11.0. The second kappa shape index (κ2) is 23.2. The van der Waals surface area contributed by atoms with Gasteiger partial charge in [0.05, 0.1) is 28.2 Å². The van der Waals surface area contributed by atoms with E-state index in [-0.39, 0.29) is 63.7 Å². The fourth-order valence-corrected chi connectivity index (χ4v) is 10.7. The number of fused-ring (bicyclic) bond motifs is 1. The number of sulfonamides is 1. The van der Waals surface area contributed by atoms with E-state index in [2.05, 4.69) is 51.5 Å². The number of nitrogens with zero attached hydrogens (tertiary/aromatic N) is 4. The Bertz CT molecular complexity index is 3470. The Kier molecular flexibility index (Phi) is 17.4. The second-order valence-electron chi connectivity index (χ2n) is 16.7. The number of Topliss-reactive ketones (excluding diaryl/α,β-unsaturated/α-hetero) is 1. The van der Waals surface area contributed by atoms with Crippen molar-refractivity contribution in [3.8, 4) is 0 Å². The highest BCUT2D eigenvalue weighted by atomic mass is 32.2. The first kappa shape index (κ1) is 54.6. The van der Waals surface area contributed by atoms with Crippen LogP contribution in [0.5, 0.6) is 0 Å². The molecule has 6 aromatic rings. The van der Waals surface area contributed by atoms with Crippen molar-refractivity contribution >= 4 is 82.6 Å². The average Bonchev–Trinajstić information content (AvgIpc) is 3.84. The number of benzene rings is 3. The van der Waals surface area contributed by atoms with Crippen LogP contribution >= 0.6 is 0 Å². The summed E-state index contributed by atoms with van der Waals surface area (Å²) in [6, 6.07) is 13.1. The van der Waals surface area contributed by atoms with Crippen LogP contribution in [0.15, 0.2) is 111 Å². The molecule has 0 radical (unpaired) electrons. The van der Waals surface area contributed by atoms with Gasteiger partial charge in [0.1, 0.15) is 33.9 Å². The largest absolute Gasteiger partial charge is 0.354 e. The van der Waals surface area contributed by atoms with Gasteiger partial charge >= 0.3 is 0 Å². The molecule has 0 spiro atoms. The van der Waals surface area contributed by atoms with Gasteiger partial charge in [0, 0.05) is 61.9 Å². The number of hydrogen-bond donors (Lipinski definition) is 9. The molecule has 3 heterocycles. The molecule has 0 aliphatic carbocycles. The summed E-state index contributed by atoms with van der Waals surface area (Å²) in [7, 11) is -13.6. The molecule has 0 aliphatic heterocycles. The summed E-state index contributed by atoms with van der Waals surface area (Å²) in [4.78, 5) is 77.8. The van der Waals surface area contributed by atoms with E-state index in [1.165, 1.54) is 48.7 Å². The Balaban J connectivity index is 1.15. The van der Waals surface area contributed by atoms with E-state index in [4.69, 9.17) is 0 Å². The molecule has 0 saturated carbocycles. The minimum absolute atomic E-state index is 0.00709. The number of H-pyrrole nitrogens is 1. The van der Waals surface area contributed by atoms with Crippen LogP contribution in [0.1, 0.15) is 61.9 Å². The topological polar surface area (TPSA) is 359 Å². The summed E-state index contributed by atoms with van der Waals surface area (Å²) in [6.07, 6.45) is 6.75. The summed E-state index contributed by atoms with van der Waals surface area (Å²) < 4.78 is 97.4. The number of imidazole rings is 1. The molecule has 24 nitrogen and oxygen atoms in total. The number of anilines is 2. The highest BCUT2D eigenvalue weighted by molar-refractivity contribution is 7.89. The number of pyridine rings is 2. The Morgan fingerprint density at radius 1 is 0.877 bits per heavy atom. The van der Waals surface area contributed by atoms with Crippen molar-refractivity contribution in [3.63, 3.8) is 0 Å². The van der Waals surface area contributed by atoms with Gasteiger partial charge in [-0.1, -0.05) is 42.0 Å². The van der Waals surface area contributed by atoms with Crippen LogP contribution in [0.25, 0.3) is 10.9 Å². The fourth-order valence-electron chi connectivity index (χ4n) is 7.64. The number of amides is 3. The number of carbonyl (C=O) groups is 4. The maximum Gasteiger partial charge on any atom is 0.295 e. The monoisotopic (exact) mass is 1060 g/mol. The average molecular weight is 1060 g/mol. The van der Waals surface area contributed by atoms with Crippen molar-refractivity contribution in [2.75, 3.05) is 29.6 Å². The SMILES string of the molecule is CC(=O)[C@H](CNC(=O)c1cn(CCCNC(=O)[C@H](CS(=O)(=O)O)NC(=O)c2ccc(N/N=C/c3ccccc3S(=O)(=O)O)nc2)c2cc(CNc3ncc[nH]3)ccc2c1=O)NS(=O)(=O)c1c(C)cc(C)cc1C. The van der Waals surface area contributed by atoms with E-state index in [1.807, 2.05) is 6.92 Å². The number of hydrogen-bond acceptors (Lipinski definition) is 16. The van der Waals surface area contributed by atoms with E-state index >= 15 is 0 Å². The van der Waals surface area contributed by atoms with Crippen molar-refractivity contribution in [1.82, 2.24) is 40.2 Å². The van der Waals surface area contributed by atoms with Gasteiger partial charge in [0.15, 0.2) is 5.95 Å². The lowest BCUT2D eigenvalue weighted by molar-refractivity contribution is -0.122. The molecule has 6 rings (SSSR count). The van der Waals surface area contributed by atoms with Crippen molar-refractivity contribution in [3.05, 3.63) is 141 Å². The Hall–Kier alpha value is -7.69.